The number of carbonyl (C=O) groups is 5. The van der Waals surface area contributed by atoms with Gasteiger partial charge in [-0.2, -0.15) is 10.4 Å². The third kappa shape index (κ3) is 12.6. The summed E-state index contributed by atoms with van der Waals surface area (Å²) in [6.45, 7) is 8.47. The summed E-state index contributed by atoms with van der Waals surface area (Å²) in [5.41, 5.74) is 6.77. The van der Waals surface area contributed by atoms with E-state index in [-0.39, 0.29) is 86.6 Å². The molecule has 3 fully saturated rings. The fraction of sp³-hybridized carbons (Fsp3) is 0.527. The van der Waals surface area contributed by atoms with E-state index in [1.165, 1.54) is 23.1 Å². The largest absolute Gasteiger partial charge is 0.382 e. The van der Waals surface area contributed by atoms with Crippen molar-refractivity contribution in [2.75, 3.05) is 63.2 Å². The minimum absolute atomic E-state index is 0.0334. The van der Waals surface area contributed by atoms with Gasteiger partial charge in [-0.25, -0.2) is 4.52 Å². The van der Waals surface area contributed by atoms with E-state index in [9.17, 15) is 29.2 Å². The summed E-state index contributed by atoms with van der Waals surface area (Å²) in [4.78, 5) is 79.4. The van der Waals surface area contributed by atoms with E-state index < -0.39 is 24.2 Å². The summed E-state index contributed by atoms with van der Waals surface area (Å²) in [5, 5.41) is 40.2. The van der Waals surface area contributed by atoms with Crippen LogP contribution in [0.5, 0.6) is 0 Å². The Hall–Kier alpha value is -7.02. The van der Waals surface area contributed by atoms with Crippen LogP contribution in [0.1, 0.15) is 108 Å². The van der Waals surface area contributed by atoms with Crippen LogP contribution < -0.4 is 31.5 Å². The summed E-state index contributed by atoms with van der Waals surface area (Å²) < 4.78 is 7.58. The second-order valence-electron chi connectivity index (χ2n) is 20.7. The van der Waals surface area contributed by atoms with Crippen molar-refractivity contribution in [3.63, 3.8) is 0 Å². The number of hydrogen-bond acceptors (Lipinski definition) is 15. The van der Waals surface area contributed by atoms with E-state index >= 15 is 0 Å². The first-order chi connectivity index (χ1) is 36.9. The maximum atomic E-state index is 14.7. The van der Waals surface area contributed by atoms with Crippen molar-refractivity contribution in [2.45, 2.75) is 128 Å². The number of likely N-dealkylation sites (tertiary alicyclic amines) is 1. The molecule has 2 aliphatic carbocycles. The average Bonchev–Trinajstić information content (AvgIpc) is 4.22. The van der Waals surface area contributed by atoms with Crippen LogP contribution in [0.4, 0.5) is 10.8 Å². The summed E-state index contributed by atoms with van der Waals surface area (Å²) in [6.07, 6.45) is 11.1. The number of hydrogen-bond donors (Lipinski definition) is 5. The molecule has 5 amide bonds. The maximum absolute atomic E-state index is 14.7. The highest BCUT2D eigenvalue weighted by molar-refractivity contribution is 7.18. The summed E-state index contributed by atoms with van der Waals surface area (Å²) >= 11 is 1.47. The van der Waals surface area contributed by atoms with Gasteiger partial charge in [0.15, 0.2) is 5.01 Å². The number of pyridine rings is 1. The highest BCUT2D eigenvalue weighted by Crippen LogP contribution is 2.37. The van der Waals surface area contributed by atoms with Crippen LogP contribution in [0.25, 0.3) is 27.5 Å². The Balaban J connectivity index is 0.754. The van der Waals surface area contributed by atoms with Crippen molar-refractivity contribution in [2.24, 2.45) is 5.92 Å². The molecule has 20 nitrogen and oxygen atoms in total. The van der Waals surface area contributed by atoms with E-state index in [4.69, 9.17) is 9.72 Å². The predicted molar refractivity (Wildman–Crippen MR) is 289 cm³/mol. The number of aryl methyl sites for hydroxylation is 1. The molecule has 5 atom stereocenters. The van der Waals surface area contributed by atoms with E-state index in [0.29, 0.717) is 42.4 Å². The third-order valence-electron chi connectivity index (χ3n) is 15.2. The molecule has 4 aromatic heterocycles. The lowest BCUT2D eigenvalue weighted by atomic mass is 9.83. The molecule has 0 bridgehead atoms. The van der Waals surface area contributed by atoms with Crippen LogP contribution >= 0.6 is 11.3 Å². The molecule has 0 radical (unpaired) electrons. The van der Waals surface area contributed by atoms with Gasteiger partial charge in [-0.05, 0) is 108 Å². The van der Waals surface area contributed by atoms with Gasteiger partial charge in [0.05, 0.1) is 65.9 Å². The zero-order valence-electron chi connectivity index (χ0n) is 43.9. The first-order valence-corrected chi connectivity index (χ1v) is 27.7. The van der Waals surface area contributed by atoms with Crippen LogP contribution in [-0.2, 0) is 35.1 Å². The zero-order valence-corrected chi connectivity index (χ0v) is 44.7. The van der Waals surface area contributed by atoms with E-state index in [0.717, 1.165) is 84.5 Å². The molecular formula is C55H70N14O6S. The Morgan fingerprint density at radius 2 is 1.68 bits per heavy atom. The molecule has 5 aromatic rings. The lowest BCUT2D eigenvalue weighted by Gasteiger charge is -2.35. The lowest BCUT2D eigenvalue weighted by Crippen LogP contribution is -2.58. The van der Waals surface area contributed by atoms with Gasteiger partial charge < -0.3 is 46.0 Å². The normalized spacial score (nSPS) is 19.7. The molecule has 4 aliphatic rings. The van der Waals surface area contributed by atoms with Gasteiger partial charge in [-0.15, -0.1) is 10.2 Å². The zero-order chi connectivity index (χ0) is 53.3. The number of fused-ring (bicyclic) bond motifs is 2. The highest BCUT2D eigenvalue weighted by atomic mass is 32.1. The molecule has 9 rings (SSSR count). The highest BCUT2D eigenvalue weighted by Gasteiger charge is 2.45. The molecule has 5 N–H and O–H groups in total. The van der Waals surface area contributed by atoms with Crippen LogP contribution in [0.3, 0.4) is 0 Å². The number of ether oxygens (including phenoxy) is 1. The number of likely N-dealkylation sites (N-methyl/N-ethyl adjacent to an activating group) is 1. The number of rotatable bonds is 19. The predicted octanol–water partition coefficient (Wildman–Crippen LogP) is 5.00. The maximum Gasteiger partial charge on any atom is 0.246 e. The van der Waals surface area contributed by atoms with E-state index in [1.807, 2.05) is 35.2 Å². The molecule has 2 saturated heterocycles. The Bertz CT molecular complexity index is 2920. The van der Waals surface area contributed by atoms with Gasteiger partial charge in [0, 0.05) is 63.1 Å². The van der Waals surface area contributed by atoms with Gasteiger partial charge in [-0.3, -0.25) is 29.0 Å². The van der Waals surface area contributed by atoms with Crippen LogP contribution in [-0.4, -0.2) is 147 Å². The lowest BCUT2D eigenvalue weighted by molar-refractivity contribution is -0.143. The van der Waals surface area contributed by atoms with E-state index in [2.05, 4.69) is 78.8 Å². The monoisotopic (exact) mass is 1050 g/mol. The molecule has 1 saturated carbocycles. The number of aromatic nitrogens is 5. The van der Waals surface area contributed by atoms with Gasteiger partial charge in [-0.1, -0.05) is 54.9 Å². The van der Waals surface area contributed by atoms with Crippen molar-refractivity contribution >= 4 is 57.2 Å². The minimum Gasteiger partial charge on any atom is -0.382 e. The molecule has 0 unspecified atom stereocenters. The average molecular weight is 1060 g/mol. The van der Waals surface area contributed by atoms with Crippen LogP contribution in [0.15, 0.2) is 60.9 Å². The summed E-state index contributed by atoms with van der Waals surface area (Å²) in [6, 6.07) is 15.2. The number of amides is 5. The number of nitriles is 1. The Morgan fingerprint density at radius 3 is 2.46 bits per heavy atom. The van der Waals surface area contributed by atoms with Crippen molar-refractivity contribution < 1.29 is 28.7 Å². The second-order valence-corrected chi connectivity index (χ2v) is 21.7. The number of carbonyl (C=O) groups excluding carboxylic acids is 5. The fourth-order valence-corrected chi connectivity index (χ4v) is 11.9. The molecule has 0 spiro atoms. The van der Waals surface area contributed by atoms with E-state index in [1.54, 1.807) is 35.6 Å². The molecule has 2 aliphatic heterocycles. The van der Waals surface area contributed by atoms with Crippen molar-refractivity contribution in [3.8, 4) is 28.0 Å². The van der Waals surface area contributed by atoms with Crippen molar-refractivity contribution in [1.29, 1.82) is 5.26 Å². The molecular weight excluding hydrogens is 985 g/mol. The quantitative estimate of drug-likeness (QED) is 0.0684. The van der Waals surface area contributed by atoms with Crippen molar-refractivity contribution in [1.82, 2.24) is 55.9 Å². The van der Waals surface area contributed by atoms with Gasteiger partial charge in [0.1, 0.15) is 18.2 Å². The van der Waals surface area contributed by atoms with Crippen molar-refractivity contribution in [3.05, 3.63) is 77.6 Å². The van der Waals surface area contributed by atoms with Crippen LogP contribution in [0, 0.1) is 17.2 Å². The molecule has 76 heavy (non-hydrogen) atoms. The molecule has 21 heteroatoms. The Kier molecular flexibility index (Phi) is 17.5. The minimum atomic E-state index is -0.837. The topological polar surface area (TPSA) is 244 Å². The van der Waals surface area contributed by atoms with Gasteiger partial charge in [0.2, 0.25) is 34.7 Å². The number of nitrogens with zero attached hydrogens (tertiary/aromatic N) is 9. The number of benzene rings is 1. The number of nitrogens with one attached hydrogen (secondary N) is 5. The Morgan fingerprint density at radius 1 is 0.895 bits per heavy atom. The first-order valence-electron chi connectivity index (χ1n) is 26.9. The SMILES string of the molecule is CN[C@@H](C)C(=O)N[C@H](C(=O)N1C[C@@H](NC(=O)CCOCCC(=O)N2CCN(c3nnc(-c4cnc(-c5ccc6cc(C#N)cnn56)cc4NC(C)C)s3)CC2)C[C@H]1C(=O)N[C@@H]1CCCc2ccccc21)C1CCCCC1. The van der Waals surface area contributed by atoms with Gasteiger partial charge >= 0.3 is 0 Å². The van der Waals surface area contributed by atoms with Crippen LogP contribution in [0.2, 0.25) is 0 Å². The molecule has 402 valence electrons. The third-order valence-corrected chi connectivity index (χ3v) is 16.2. The molecule has 1 aromatic carbocycles. The standard InChI is InChI=1S/C55H70N14O6S/c1-34(2)60-44-29-45(46-18-17-40-27-36(30-56)31-59-69(40)46)58-32-42(44)53-64-65-55(76-53)67-23-21-66(22-24-67)49(71)20-26-75-25-19-48(70)61-39-28-47(52(73)62-43-16-10-14-37-11-8-9-15-41(37)43)68(33-39)54(74)50(38-12-6-5-7-13-38)63-51(72)35(3)57-4/h8-9,11,15,17-18,27,29,31-32,34-35,38-39,43,47,50,57H,5-7,10,12-14,16,19-26,28,33H2,1-4H3,(H,58,60)(H,61,70)(H,62,73)(H,63,72)/t35-,39-,43+,47-,50-/m0/s1. The second kappa shape index (κ2) is 24.8. The smallest absolute Gasteiger partial charge is 0.246 e. The van der Waals surface area contributed by atoms with Gasteiger partial charge in [0.25, 0.3) is 0 Å². The number of anilines is 2. The summed E-state index contributed by atoms with van der Waals surface area (Å²) in [5.74, 6) is -1.20. The molecule has 6 heterocycles. The summed E-state index contributed by atoms with van der Waals surface area (Å²) in [7, 11) is 1.70. The Labute approximate surface area is 447 Å². The fourth-order valence-electron chi connectivity index (χ4n) is 11.0. The first kappa shape index (κ1) is 53.8. The number of piperazine rings is 1.